The SMILES string of the molecule is NC(=O)c1nc(-n2cc(-c3ccc(F)cc3)nn2)nn1COCCO. The Morgan fingerprint density at radius 2 is 2.08 bits per heavy atom. The molecule has 25 heavy (non-hydrogen) atoms. The third-order valence-electron chi connectivity index (χ3n) is 3.17. The summed E-state index contributed by atoms with van der Waals surface area (Å²) in [6, 6.07) is 5.75. The van der Waals surface area contributed by atoms with Crippen molar-refractivity contribution >= 4 is 5.91 Å². The van der Waals surface area contributed by atoms with Crippen LogP contribution in [0.5, 0.6) is 0 Å². The number of aliphatic hydroxyl groups is 1. The Morgan fingerprint density at radius 1 is 1.32 bits per heavy atom. The molecule has 0 aliphatic rings. The number of benzene rings is 1. The van der Waals surface area contributed by atoms with Gasteiger partial charge in [0.25, 0.3) is 11.9 Å². The van der Waals surface area contributed by atoms with E-state index < -0.39 is 5.91 Å². The van der Waals surface area contributed by atoms with Crippen LogP contribution in [0.4, 0.5) is 4.39 Å². The zero-order valence-corrected chi connectivity index (χ0v) is 12.9. The number of amides is 1. The van der Waals surface area contributed by atoms with Gasteiger partial charge in [0.05, 0.1) is 19.4 Å². The van der Waals surface area contributed by atoms with Crippen molar-refractivity contribution in [2.24, 2.45) is 5.73 Å². The lowest BCUT2D eigenvalue weighted by molar-refractivity contribution is 0.0398. The average molecular weight is 347 g/mol. The highest BCUT2D eigenvalue weighted by Gasteiger charge is 2.17. The van der Waals surface area contributed by atoms with Gasteiger partial charge < -0.3 is 15.6 Å². The fraction of sp³-hybridized carbons (Fsp3) is 0.214. The molecule has 0 aliphatic heterocycles. The van der Waals surface area contributed by atoms with Crippen LogP contribution >= 0.6 is 0 Å². The van der Waals surface area contributed by atoms with Crippen molar-refractivity contribution in [3.63, 3.8) is 0 Å². The lowest BCUT2D eigenvalue weighted by Crippen LogP contribution is -2.20. The lowest BCUT2D eigenvalue weighted by Gasteiger charge is -2.03. The van der Waals surface area contributed by atoms with E-state index in [1.54, 1.807) is 12.1 Å². The number of ether oxygens (including phenoxy) is 1. The Morgan fingerprint density at radius 3 is 2.76 bits per heavy atom. The maximum absolute atomic E-state index is 13.0. The zero-order chi connectivity index (χ0) is 17.8. The Kier molecular flexibility index (Phi) is 4.77. The molecule has 0 radical (unpaired) electrons. The van der Waals surface area contributed by atoms with Gasteiger partial charge in [0.2, 0.25) is 5.82 Å². The number of rotatable bonds is 7. The summed E-state index contributed by atoms with van der Waals surface area (Å²) in [7, 11) is 0. The Balaban J connectivity index is 1.87. The Hall–Kier alpha value is -3.18. The molecular formula is C14H14FN7O3. The lowest BCUT2D eigenvalue weighted by atomic mass is 10.2. The van der Waals surface area contributed by atoms with Crippen molar-refractivity contribution in [2.75, 3.05) is 13.2 Å². The summed E-state index contributed by atoms with van der Waals surface area (Å²) in [6.07, 6.45) is 1.53. The summed E-state index contributed by atoms with van der Waals surface area (Å²) in [5, 5.41) is 20.7. The van der Waals surface area contributed by atoms with Gasteiger partial charge in [0, 0.05) is 5.56 Å². The van der Waals surface area contributed by atoms with Gasteiger partial charge >= 0.3 is 0 Å². The first-order chi connectivity index (χ1) is 12.1. The van der Waals surface area contributed by atoms with Gasteiger partial charge in [-0.3, -0.25) is 4.79 Å². The van der Waals surface area contributed by atoms with Crippen LogP contribution < -0.4 is 5.73 Å². The first kappa shape index (κ1) is 16.7. The van der Waals surface area contributed by atoms with Crippen LogP contribution in [0, 0.1) is 5.82 Å². The molecular weight excluding hydrogens is 333 g/mol. The normalized spacial score (nSPS) is 11.0. The van der Waals surface area contributed by atoms with Crippen molar-refractivity contribution in [3.05, 3.63) is 42.1 Å². The summed E-state index contributed by atoms with van der Waals surface area (Å²) >= 11 is 0. The predicted molar refractivity (Wildman–Crippen MR) is 81.9 cm³/mol. The molecule has 10 nitrogen and oxygen atoms in total. The Labute approximate surface area is 140 Å². The molecule has 130 valence electrons. The molecule has 0 saturated heterocycles. The second kappa shape index (κ2) is 7.15. The average Bonchev–Trinajstić information content (AvgIpc) is 3.22. The molecule has 0 aliphatic carbocycles. The van der Waals surface area contributed by atoms with Gasteiger partial charge in [0.1, 0.15) is 18.2 Å². The summed E-state index contributed by atoms with van der Waals surface area (Å²) in [6.45, 7) is -0.200. The van der Waals surface area contributed by atoms with E-state index >= 15 is 0 Å². The maximum Gasteiger partial charge on any atom is 0.286 e. The molecule has 0 atom stereocenters. The van der Waals surface area contributed by atoms with Gasteiger partial charge in [-0.1, -0.05) is 5.21 Å². The standard InChI is InChI=1S/C14H14FN7O3/c15-10-3-1-9(2-4-10)11-7-21(20-18-11)14-17-13(12(16)24)22(19-14)8-25-6-5-23/h1-4,7,23H,5-6,8H2,(H2,16,24). The minimum absolute atomic E-state index is 0.0715. The van der Waals surface area contributed by atoms with Crippen LogP contribution in [0.2, 0.25) is 0 Å². The van der Waals surface area contributed by atoms with Crippen LogP contribution in [-0.2, 0) is 11.5 Å². The second-order valence-corrected chi connectivity index (χ2v) is 4.92. The number of hydrogen-bond donors (Lipinski definition) is 2. The number of primary amides is 1. The molecule has 0 spiro atoms. The topological polar surface area (TPSA) is 134 Å². The predicted octanol–water partition coefficient (Wildman–Crippen LogP) is -0.270. The van der Waals surface area contributed by atoms with Crippen molar-refractivity contribution in [1.29, 1.82) is 0 Å². The van der Waals surface area contributed by atoms with Crippen molar-refractivity contribution in [2.45, 2.75) is 6.73 Å². The molecule has 2 aromatic heterocycles. The van der Waals surface area contributed by atoms with E-state index in [-0.39, 0.29) is 37.5 Å². The Bertz CT molecular complexity index is 875. The largest absolute Gasteiger partial charge is 0.394 e. The molecule has 11 heteroatoms. The van der Waals surface area contributed by atoms with Crippen LogP contribution in [-0.4, -0.2) is 54.0 Å². The fourth-order valence-electron chi connectivity index (χ4n) is 2.03. The molecule has 3 aromatic rings. The number of aliphatic hydroxyl groups excluding tert-OH is 1. The molecule has 0 unspecified atom stereocenters. The maximum atomic E-state index is 13.0. The quantitative estimate of drug-likeness (QED) is 0.562. The van der Waals surface area contributed by atoms with Gasteiger partial charge in [-0.15, -0.1) is 10.2 Å². The van der Waals surface area contributed by atoms with Crippen LogP contribution in [0.3, 0.4) is 0 Å². The van der Waals surface area contributed by atoms with Crippen molar-refractivity contribution in [1.82, 2.24) is 29.8 Å². The third-order valence-corrected chi connectivity index (χ3v) is 3.17. The summed E-state index contributed by atoms with van der Waals surface area (Å²) in [5.74, 6) is -1.19. The van der Waals surface area contributed by atoms with E-state index in [0.717, 1.165) is 4.68 Å². The number of halogens is 1. The summed E-state index contributed by atoms with van der Waals surface area (Å²) in [4.78, 5) is 15.5. The minimum Gasteiger partial charge on any atom is -0.394 e. The molecule has 3 rings (SSSR count). The van der Waals surface area contributed by atoms with Crippen LogP contribution in [0.25, 0.3) is 17.2 Å². The highest BCUT2D eigenvalue weighted by molar-refractivity contribution is 5.89. The molecule has 1 aromatic carbocycles. The molecule has 0 fully saturated rings. The fourth-order valence-corrected chi connectivity index (χ4v) is 2.03. The van der Waals surface area contributed by atoms with E-state index in [2.05, 4.69) is 20.4 Å². The molecule has 2 heterocycles. The van der Waals surface area contributed by atoms with Crippen molar-refractivity contribution < 1.29 is 19.0 Å². The number of nitrogens with two attached hydrogens (primary N) is 1. The van der Waals surface area contributed by atoms with E-state index in [0.29, 0.717) is 11.3 Å². The van der Waals surface area contributed by atoms with Gasteiger partial charge in [-0.25, -0.2) is 9.07 Å². The van der Waals surface area contributed by atoms with Gasteiger partial charge in [-0.05, 0) is 24.3 Å². The zero-order valence-electron chi connectivity index (χ0n) is 12.9. The molecule has 1 amide bonds. The van der Waals surface area contributed by atoms with Crippen molar-refractivity contribution in [3.8, 4) is 17.2 Å². The van der Waals surface area contributed by atoms with Gasteiger partial charge in [-0.2, -0.15) is 9.67 Å². The smallest absolute Gasteiger partial charge is 0.286 e. The van der Waals surface area contributed by atoms with Gasteiger partial charge in [0.15, 0.2) is 0 Å². The van der Waals surface area contributed by atoms with E-state index in [1.807, 2.05) is 0 Å². The first-order valence-electron chi connectivity index (χ1n) is 7.20. The third kappa shape index (κ3) is 3.67. The molecule has 3 N–H and O–H groups in total. The van der Waals surface area contributed by atoms with E-state index in [1.165, 1.54) is 23.0 Å². The highest BCUT2D eigenvalue weighted by Crippen LogP contribution is 2.17. The monoisotopic (exact) mass is 347 g/mol. The number of hydrogen-bond acceptors (Lipinski definition) is 7. The van der Waals surface area contributed by atoms with Crippen LogP contribution in [0.15, 0.2) is 30.5 Å². The number of carbonyl (C=O) groups excluding carboxylic acids is 1. The highest BCUT2D eigenvalue weighted by atomic mass is 19.1. The van der Waals surface area contributed by atoms with E-state index in [9.17, 15) is 9.18 Å². The van der Waals surface area contributed by atoms with E-state index in [4.69, 9.17) is 15.6 Å². The number of nitrogens with zero attached hydrogens (tertiary/aromatic N) is 6. The molecule has 0 saturated carbocycles. The number of aromatic nitrogens is 6. The second-order valence-electron chi connectivity index (χ2n) is 4.92. The summed E-state index contributed by atoms with van der Waals surface area (Å²) < 4.78 is 20.5. The molecule has 0 bridgehead atoms. The summed E-state index contributed by atoms with van der Waals surface area (Å²) in [5.41, 5.74) is 6.41. The first-order valence-corrected chi connectivity index (χ1v) is 7.20. The van der Waals surface area contributed by atoms with Crippen LogP contribution in [0.1, 0.15) is 10.6 Å². The number of carbonyl (C=O) groups is 1. The minimum atomic E-state index is -0.787.